The first-order valence-corrected chi connectivity index (χ1v) is 11.0. The zero-order valence-corrected chi connectivity index (χ0v) is 18.0. The minimum absolute atomic E-state index is 0.00644. The molecule has 0 bridgehead atoms. The molecule has 2 heterocycles. The fourth-order valence-corrected chi connectivity index (χ4v) is 4.26. The maximum absolute atomic E-state index is 12.8. The Bertz CT molecular complexity index is 683. The van der Waals surface area contributed by atoms with Crippen LogP contribution in [0.15, 0.2) is 24.3 Å². The number of ether oxygens (including phenoxy) is 1. The van der Waals surface area contributed by atoms with Gasteiger partial charge in [0.05, 0.1) is 19.1 Å². The highest BCUT2D eigenvalue weighted by Gasteiger charge is 2.35. The minimum atomic E-state index is -0.280. The van der Waals surface area contributed by atoms with Gasteiger partial charge in [-0.05, 0) is 36.5 Å². The number of carbonyl (C=O) groups is 2. The second-order valence-electron chi connectivity index (χ2n) is 8.60. The van der Waals surface area contributed by atoms with Gasteiger partial charge in [0, 0.05) is 44.3 Å². The number of hydrogen-bond donors (Lipinski definition) is 1. The van der Waals surface area contributed by atoms with Gasteiger partial charge in [0.1, 0.15) is 0 Å². The molecule has 2 unspecified atom stereocenters. The molecule has 29 heavy (non-hydrogen) atoms. The van der Waals surface area contributed by atoms with E-state index in [0.29, 0.717) is 25.0 Å². The Hall–Kier alpha value is -1.92. The molecule has 2 fully saturated rings. The standard InChI is InChI=1S/C23H35N3O3/c1-4-18-5-7-20(8-6-18)26-16-19(14-22(26)27)23(28)24-15-21(13-17(2)3)25-9-11-29-12-10-25/h5-8,17,19,21H,4,9-16H2,1-3H3,(H,24,28). The van der Waals surface area contributed by atoms with E-state index in [1.165, 1.54) is 5.56 Å². The third kappa shape index (κ3) is 5.80. The molecule has 6 nitrogen and oxygen atoms in total. The molecule has 0 aliphatic carbocycles. The molecule has 160 valence electrons. The summed E-state index contributed by atoms with van der Waals surface area (Å²) in [7, 11) is 0. The molecule has 0 radical (unpaired) electrons. The maximum atomic E-state index is 12.8. The number of morpholine rings is 1. The zero-order chi connectivity index (χ0) is 20.8. The fourth-order valence-electron chi connectivity index (χ4n) is 4.26. The number of nitrogens with zero attached hydrogens (tertiary/aromatic N) is 2. The van der Waals surface area contributed by atoms with Gasteiger partial charge in [-0.3, -0.25) is 14.5 Å². The van der Waals surface area contributed by atoms with Crippen LogP contribution in [0.25, 0.3) is 0 Å². The average Bonchev–Trinajstić information content (AvgIpc) is 3.13. The average molecular weight is 402 g/mol. The van der Waals surface area contributed by atoms with Crippen LogP contribution in [0.3, 0.4) is 0 Å². The van der Waals surface area contributed by atoms with Crippen molar-refractivity contribution >= 4 is 17.5 Å². The summed E-state index contributed by atoms with van der Waals surface area (Å²) < 4.78 is 5.47. The highest BCUT2D eigenvalue weighted by Crippen LogP contribution is 2.26. The van der Waals surface area contributed by atoms with E-state index in [9.17, 15) is 9.59 Å². The molecular weight excluding hydrogens is 366 g/mol. The van der Waals surface area contributed by atoms with Gasteiger partial charge in [-0.1, -0.05) is 32.9 Å². The Morgan fingerprint density at radius 3 is 2.52 bits per heavy atom. The van der Waals surface area contributed by atoms with E-state index in [4.69, 9.17) is 4.74 Å². The van der Waals surface area contributed by atoms with Crippen molar-refractivity contribution in [3.63, 3.8) is 0 Å². The van der Waals surface area contributed by atoms with Gasteiger partial charge in [-0.2, -0.15) is 0 Å². The van der Waals surface area contributed by atoms with Crippen molar-refractivity contribution in [2.45, 2.75) is 46.1 Å². The Balaban J connectivity index is 1.55. The van der Waals surface area contributed by atoms with Crippen LogP contribution in [0.1, 0.15) is 39.2 Å². The van der Waals surface area contributed by atoms with Gasteiger partial charge in [-0.25, -0.2) is 0 Å². The molecular formula is C23H35N3O3. The van der Waals surface area contributed by atoms with Crippen molar-refractivity contribution in [3.8, 4) is 0 Å². The van der Waals surface area contributed by atoms with E-state index in [-0.39, 0.29) is 24.2 Å². The van der Waals surface area contributed by atoms with Crippen molar-refractivity contribution < 1.29 is 14.3 Å². The lowest BCUT2D eigenvalue weighted by molar-refractivity contribution is -0.126. The number of rotatable bonds is 8. The Kier molecular flexibility index (Phi) is 7.67. The normalized spacial score (nSPS) is 21.6. The summed E-state index contributed by atoms with van der Waals surface area (Å²) in [6.45, 7) is 11.0. The van der Waals surface area contributed by atoms with E-state index in [0.717, 1.165) is 44.8 Å². The first-order valence-electron chi connectivity index (χ1n) is 11.0. The Morgan fingerprint density at radius 2 is 1.90 bits per heavy atom. The molecule has 1 aromatic carbocycles. The largest absolute Gasteiger partial charge is 0.379 e. The predicted octanol–water partition coefficient (Wildman–Crippen LogP) is 2.46. The molecule has 2 aliphatic rings. The van der Waals surface area contributed by atoms with E-state index in [1.807, 2.05) is 12.1 Å². The van der Waals surface area contributed by atoms with E-state index in [2.05, 4.69) is 43.1 Å². The molecule has 2 aliphatic heterocycles. The van der Waals surface area contributed by atoms with Crippen LogP contribution >= 0.6 is 0 Å². The van der Waals surface area contributed by atoms with Gasteiger partial charge in [-0.15, -0.1) is 0 Å². The van der Waals surface area contributed by atoms with E-state index >= 15 is 0 Å². The molecule has 0 saturated carbocycles. The number of anilines is 1. The summed E-state index contributed by atoms with van der Waals surface area (Å²) in [6, 6.07) is 8.38. The van der Waals surface area contributed by atoms with Gasteiger partial charge < -0.3 is 15.0 Å². The quantitative estimate of drug-likeness (QED) is 0.727. The Morgan fingerprint density at radius 1 is 1.21 bits per heavy atom. The van der Waals surface area contributed by atoms with Crippen LogP contribution in [-0.2, 0) is 20.7 Å². The number of hydrogen-bond acceptors (Lipinski definition) is 4. The first-order chi connectivity index (χ1) is 14.0. The molecule has 1 aromatic rings. The predicted molar refractivity (Wildman–Crippen MR) is 115 cm³/mol. The van der Waals surface area contributed by atoms with Crippen LogP contribution in [0.4, 0.5) is 5.69 Å². The number of amides is 2. The van der Waals surface area contributed by atoms with Crippen molar-refractivity contribution in [1.82, 2.24) is 10.2 Å². The van der Waals surface area contributed by atoms with Crippen LogP contribution in [0, 0.1) is 11.8 Å². The Labute approximate surface area is 174 Å². The highest BCUT2D eigenvalue weighted by molar-refractivity contribution is 6.00. The second-order valence-corrected chi connectivity index (χ2v) is 8.60. The number of benzene rings is 1. The second kappa shape index (κ2) is 10.2. The summed E-state index contributed by atoms with van der Waals surface area (Å²) in [5.41, 5.74) is 2.13. The third-order valence-corrected chi connectivity index (χ3v) is 5.97. The summed E-state index contributed by atoms with van der Waals surface area (Å²) in [5.74, 6) is 0.307. The van der Waals surface area contributed by atoms with E-state index < -0.39 is 0 Å². The fraction of sp³-hybridized carbons (Fsp3) is 0.652. The van der Waals surface area contributed by atoms with Crippen LogP contribution in [0.2, 0.25) is 0 Å². The van der Waals surface area contributed by atoms with Crippen molar-refractivity contribution in [3.05, 3.63) is 29.8 Å². The molecule has 0 aromatic heterocycles. The first kappa shape index (κ1) is 21.8. The van der Waals surface area contributed by atoms with Crippen molar-refractivity contribution in [2.24, 2.45) is 11.8 Å². The lowest BCUT2D eigenvalue weighted by Gasteiger charge is -2.35. The summed E-state index contributed by atoms with van der Waals surface area (Å²) in [5, 5.41) is 3.14. The van der Waals surface area contributed by atoms with Gasteiger partial charge >= 0.3 is 0 Å². The third-order valence-electron chi connectivity index (χ3n) is 5.97. The molecule has 2 saturated heterocycles. The monoisotopic (exact) mass is 401 g/mol. The maximum Gasteiger partial charge on any atom is 0.227 e. The summed E-state index contributed by atoms with van der Waals surface area (Å²) >= 11 is 0. The highest BCUT2D eigenvalue weighted by atomic mass is 16.5. The van der Waals surface area contributed by atoms with Crippen molar-refractivity contribution in [2.75, 3.05) is 44.3 Å². The SMILES string of the molecule is CCc1ccc(N2CC(C(=O)NCC(CC(C)C)N3CCOCC3)CC2=O)cc1. The van der Waals surface area contributed by atoms with Crippen LogP contribution in [0.5, 0.6) is 0 Å². The topological polar surface area (TPSA) is 61.9 Å². The van der Waals surface area contributed by atoms with Gasteiger partial charge in [0.15, 0.2) is 0 Å². The molecule has 0 spiro atoms. The van der Waals surface area contributed by atoms with Crippen LogP contribution < -0.4 is 10.2 Å². The van der Waals surface area contributed by atoms with Gasteiger partial charge in [0.2, 0.25) is 11.8 Å². The van der Waals surface area contributed by atoms with Gasteiger partial charge in [0.25, 0.3) is 0 Å². The van der Waals surface area contributed by atoms with Crippen LogP contribution in [-0.4, -0.2) is 62.1 Å². The molecule has 3 rings (SSSR count). The van der Waals surface area contributed by atoms with Crippen molar-refractivity contribution in [1.29, 1.82) is 0 Å². The molecule has 2 atom stereocenters. The molecule has 1 N–H and O–H groups in total. The lowest BCUT2D eigenvalue weighted by atomic mass is 10.0. The number of aryl methyl sites for hydroxylation is 1. The summed E-state index contributed by atoms with van der Waals surface area (Å²) in [4.78, 5) is 29.5. The minimum Gasteiger partial charge on any atom is -0.379 e. The molecule has 6 heteroatoms. The molecule has 2 amide bonds. The number of carbonyl (C=O) groups excluding carboxylic acids is 2. The lowest BCUT2D eigenvalue weighted by Crippen LogP contribution is -2.50. The summed E-state index contributed by atoms with van der Waals surface area (Å²) in [6.07, 6.45) is 2.30. The van der Waals surface area contributed by atoms with E-state index in [1.54, 1.807) is 4.90 Å². The zero-order valence-electron chi connectivity index (χ0n) is 18.0. The smallest absolute Gasteiger partial charge is 0.227 e. The number of nitrogens with one attached hydrogen (secondary N) is 1.